The second-order valence-corrected chi connectivity index (χ2v) is 24.8. The maximum absolute atomic E-state index is 11.5. The summed E-state index contributed by atoms with van der Waals surface area (Å²) >= 11 is 0. The molecule has 0 aromatic carbocycles. The number of quaternary nitrogens is 1. The van der Waals surface area contributed by atoms with Crippen LogP contribution in [0.2, 0.25) is 6.04 Å². The molecule has 22 nitrogen and oxygen atoms in total. The molecule has 386 valence electrons. The molecule has 0 aliphatic heterocycles. The van der Waals surface area contributed by atoms with Crippen LogP contribution in [-0.4, -0.2) is 222 Å². The van der Waals surface area contributed by atoms with E-state index in [4.69, 9.17) is 13.3 Å². The highest BCUT2D eigenvalue weighted by Crippen LogP contribution is 2.26. The fraction of sp³-hybridized carbons (Fsp3) is 1.00. The summed E-state index contributed by atoms with van der Waals surface area (Å²) < 4.78 is 119. The Bertz CT molecular complexity index is 1380. The molecule has 0 amide bonds. The van der Waals surface area contributed by atoms with Crippen molar-refractivity contribution < 1.29 is 87.3 Å². The lowest BCUT2D eigenvalue weighted by atomic mass is 10.0. The van der Waals surface area contributed by atoms with Crippen molar-refractivity contribution >= 4 is 39.2 Å². The van der Waals surface area contributed by atoms with Gasteiger partial charge in [0.05, 0.1) is 130 Å². The van der Waals surface area contributed by atoms with E-state index in [0.29, 0.717) is 17.4 Å². The fourth-order valence-corrected chi connectivity index (χ4v) is 10.7. The SMILES string of the molecule is CCCCCCCC[N+](C)(CCCCCCCC)CCC[Si](OCC(CO)(CO)NCCS(=O)(=O)[O-])(OCC(CO)(CO)NCCS(=O)(=O)O)OCC(CO)(CO)NCCS(=O)(=O)O. The van der Waals surface area contributed by atoms with Gasteiger partial charge in [0.2, 0.25) is 0 Å². The zero-order chi connectivity index (χ0) is 48.9. The molecule has 11 N–H and O–H groups in total. The molecule has 0 rings (SSSR count). The van der Waals surface area contributed by atoms with E-state index in [2.05, 4.69) is 36.8 Å². The van der Waals surface area contributed by atoms with Crippen LogP contribution in [0.3, 0.4) is 0 Å². The van der Waals surface area contributed by atoms with Gasteiger partial charge in [-0.15, -0.1) is 0 Å². The minimum Gasteiger partial charge on any atom is -0.748 e. The maximum atomic E-state index is 11.5. The lowest BCUT2D eigenvalue weighted by Crippen LogP contribution is -2.64. The van der Waals surface area contributed by atoms with Crippen molar-refractivity contribution in [2.45, 2.75) is 120 Å². The Labute approximate surface area is 384 Å². The summed E-state index contributed by atoms with van der Waals surface area (Å²) in [6.07, 6.45) is 13.4. The number of nitrogens with zero attached hydrogens (tertiary/aromatic N) is 1. The molecule has 0 aromatic heterocycles. The third-order valence-corrected chi connectivity index (χ3v) is 16.2. The van der Waals surface area contributed by atoms with E-state index in [1.807, 2.05) is 0 Å². The topological polar surface area (TPSA) is 351 Å². The van der Waals surface area contributed by atoms with Gasteiger partial charge in [0.25, 0.3) is 20.2 Å². The maximum Gasteiger partial charge on any atom is 0.501 e. The molecule has 26 heteroatoms. The zero-order valence-corrected chi connectivity index (χ0v) is 41.9. The molecule has 0 bridgehead atoms. The van der Waals surface area contributed by atoms with Crippen molar-refractivity contribution in [3.8, 4) is 0 Å². The quantitative estimate of drug-likeness (QED) is 0.0148. The molecular weight excluding hydrogens is 925 g/mol. The Kier molecular flexibility index (Phi) is 32.0. The van der Waals surface area contributed by atoms with Gasteiger partial charge in [-0.1, -0.05) is 65.2 Å². The number of hydrogen-bond acceptors (Lipinski definition) is 19. The van der Waals surface area contributed by atoms with E-state index >= 15 is 0 Å². The number of nitrogens with one attached hydrogen (secondary N) is 3. The molecule has 0 aromatic rings. The molecule has 0 saturated carbocycles. The van der Waals surface area contributed by atoms with E-state index in [-0.39, 0.29) is 6.04 Å². The number of aliphatic hydroxyl groups excluding tert-OH is 6. The van der Waals surface area contributed by atoms with Crippen molar-refractivity contribution in [2.75, 3.05) is 123 Å². The van der Waals surface area contributed by atoms with Crippen molar-refractivity contribution in [3.05, 3.63) is 0 Å². The average molecular weight is 1010 g/mol. The summed E-state index contributed by atoms with van der Waals surface area (Å²) in [6, 6.07) is -0.0500. The van der Waals surface area contributed by atoms with Gasteiger partial charge in [-0.3, -0.25) is 9.11 Å². The molecule has 0 aliphatic rings. The van der Waals surface area contributed by atoms with Crippen LogP contribution in [0.25, 0.3) is 0 Å². The standard InChI is InChI=1S/C38H84N4O18S3Si/c1-4-6-8-10-12-14-20-42(3,21-15-13-11-9-7-5-2)22-16-26-64(58-33-36(27-43,28-44)39-17-23-61(49,50)51,59-34-37(29-45,30-46)40-18-24-62(52,53)54)60-35-38(31-47,32-48)41-19-25-63(55,56)57/h39-41,43-48H,4-35H2,1-3H3,(H2-,49,50,51,52,53,54,55,56,57). The van der Waals surface area contributed by atoms with Crippen LogP contribution in [0.4, 0.5) is 0 Å². The normalized spacial score (nSPS) is 13.9. The number of hydrogen-bond donors (Lipinski definition) is 11. The van der Waals surface area contributed by atoms with Gasteiger partial charge in [-0.2, -0.15) is 16.8 Å². The minimum atomic E-state index is -4.73. The Hall–Kier alpha value is -0.573. The van der Waals surface area contributed by atoms with Crippen LogP contribution in [0.5, 0.6) is 0 Å². The Balaban J connectivity index is 7.26. The van der Waals surface area contributed by atoms with E-state index in [1.54, 1.807) is 0 Å². The molecular formula is C38H84N4O18S3Si. The second-order valence-electron chi connectivity index (χ2n) is 17.4. The summed E-state index contributed by atoms with van der Waals surface area (Å²) in [5.74, 6) is -2.51. The van der Waals surface area contributed by atoms with Crippen LogP contribution in [-0.2, 0) is 43.6 Å². The first kappa shape index (κ1) is 63.4. The first-order valence-electron chi connectivity index (χ1n) is 22.4. The predicted molar refractivity (Wildman–Crippen MR) is 243 cm³/mol. The van der Waals surface area contributed by atoms with Gasteiger partial charge in [-0.05, 0) is 25.7 Å². The highest BCUT2D eigenvalue weighted by Gasteiger charge is 2.48. The third kappa shape index (κ3) is 28.7. The van der Waals surface area contributed by atoms with Crippen LogP contribution in [0.15, 0.2) is 0 Å². The molecule has 0 spiro atoms. The van der Waals surface area contributed by atoms with Crippen molar-refractivity contribution in [3.63, 3.8) is 0 Å². The first-order chi connectivity index (χ1) is 29.9. The predicted octanol–water partition coefficient (Wildman–Crippen LogP) is -1.21. The van der Waals surface area contributed by atoms with Crippen molar-refractivity contribution in [1.29, 1.82) is 0 Å². The Morgan fingerprint density at radius 3 is 1.09 bits per heavy atom. The number of rotatable bonds is 45. The minimum absolute atomic E-state index is 0.0500. The molecule has 64 heavy (non-hydrogen) atoms. The molecule has 0 fully saturated rings. The van der Waals surface area contributed by atoms with Crippen molar-refractivity contribution in [2.24, 2.45) is 0 Å². The lowest BCUT2D eigenvalue weighted by molar-refractivity contribution is -0.910. The van der Waals surface area contributed by atoms with Gasteiger partial charge in [0.15, 0.2) is 0 Å². The lowest BCUT2D eigenvalue weighted by Gasteiger charge is -2.41. The summed E-state index contributed by atoms with van der Waals surface area (Å²) in [4.78, 5) is 0. The molecule has 0 unspecified atom stereocenters. The summed E-state index contributed by atoms with van der Waals surface area (Å²) in [5, 5.41) is 71.0. The molecule has 0 radical (unpaired) electrons. The van der Waals surface area contributed by atoms with Gasteiger partial charge < -0.3 is 68.9 Å². The molecule has 0 aliphatic carbocycles. The van der Waals surface area contributed by atoms with E-state index in [1.165, 1.54) is 0 Å². The van der Waals surface area contributed by atoms with Gasteiger partial charge in [0, 0.05) is 32.1 Å². The summed E-state index contributed by atoms with van der Waals surface area (Å²) in [7, 11) is -16.0. The molecule has 0 atom stereocenters. The molecule has 0 heterocycles. The summed E-state index contributed by atoms with van der Waals surface area (Å²) in [6.45, 7) is -1.87. The Morgan fingerprint density at radius 2 is 0.797 bits per heavy atom. The fourth-order valence-electron chi connectivity index (χ4n) is 6.89. The number of unbranched alkanes of at least 4 members (excludes halogenated alkanes) is 10. The third-order valence-electron chi connectivity index (χ3n) is 11.4. The van der Waals surface area contributed by atoms with E-state index in [9.17, 15) is 69.6 Å². The van der Waals surface area contributed by atoms with Crippen LogP contribution in [0, 0.1) is 0 Å². The molecule has 0 saturated heterocycles. The monoisotopic (exact) mass is 1010 g/mol. The van der Waals surface area contributed by atoms with Crippen LogP contribution >= 0.6 is 0 Å². The van der Waals surface area contributed by atoms with Gasteiger partial charge in [0.1, 0.15) is 0 Å². The van der Waals surface area contributed by atoms with Crippen LogP contribution < -0.4 is 16.0 Å². The summed E-state index contributed by atoms with van der Waals surface area (Å²) in [5.41, 5.74) is -5.39. The van der Waals surface area contributed by atoms with E-state index in [0.717, 1.165) is 90.1 Å². The zero-order valence-electron chi connectivity index (χ0n) is 38.5. The smallest absolute Gasteiger partial charge is 0.501 e. The average Bonchev–Trinajstić information content (AvgIpc) is 3.23. The highest BCUT2D eigenvalue weighted by atomic mass is 32.2. The van der Waals surface area contributed by atoms with Gasteiger partial charge in [-0.25, -0.2) is 8.42 Å². The largest absolute Gasteiger partial charge is 0.748 e. The first-order valence-corrected chi connectivity index (χ1v) is 29.2. The highest BCUT2D eigenvalue weighted by molar-refractivity contribution is 7.86. The second kappa shape index (κ2) is 32.3. The number of aliphatic hydroxyl groups is 6. The van der Waals surface area contributed by atoms with Crippen LogP contribution in [0.1, 0.15) is 97.3 Å². The van der Waals surface area contributed by atoms with Gasteiger partial charge >= 0.3 is 8.80 Å². The Morgan fingerprint density at radius 1 is 0.500 bits per heavy atom. The van der Waals surface area contributed by atoms with E-state index < -0.39 is 152 Å². The van der Waals surface area contributed by atoms with Crippen molar-refractivity contribution in [1.82, 2.24) is 16.0 Å².